The molecule has 0 aromatic carbocycles. The van der Waals surface area contributed by atoms with Crippen molar-refractivity contribution in [2.45, 2.75) is 45.1 Å². The number of ether oxygens (including phenoxy) is 2. The Balaban J connectivity index is 1.49. The summed E-state index contributed by atoms with van der Waals surface area (Å²) in [5.74, 6) is 1.79. The highest BCUT2D eigenvalue weighted by atomic mass is 16.6. The van der Waals surface area contributed by atoms with Gasteiger partial charge in [-0.25, -0.2) is 14.8 Å². The van der Waals surface area contributed by atoms with Gasteiger partial charge in [-0.1, -0.05) is 0 Å². The summed E-state index contributed by atoms with van der Waals surface area (Å²) < 4.78 is 13.2. The zero-order valence-electron chi connectivity index (χ0n) is 20.2. The van der Waals surface area contributed by atoms with Crippen molar-refractivity contribution in [3.63, 3.8) is 0 Å². The van der Waals surface area contributed by atoms with E-state index >= 15 is 0 Å². The number of piperidine rings is 1. The van der Waals surface area contributed by atoms with E-state index in [1.54, 1.807) is 24.5 Å². The Morgan fingerprint density at radius 3 is 2.52 bits per heavy atom. The fourth-order valence-corrected chi connectivity index (χ4v) is 4.09. The van der Waals surface area contributed by atoms with Gasteiger partial charge in [0.05, 0.1) is 31.3 Å². The SMILES string of the molecule is COc1cc(C2CCN(C(=O)OC(C)(C)C)CC2)ncc1N(C)c1cc2c(cn1)ncn2C. The van der Waals surface area contributed by atoms with Crippen molar-refractivity contribution in [1.82, 2.24) is 24.4 Å². The molecule has 33 heavy (non-hydrogen) atoms. The van der Waals surface area contributed by atoms with E-state index in [-0.39, 0.29) is 12.0 Å². The van der Waals surface area contributed by atoms with E-state index in [2.05, 4.69) is 9.97 Å². The lowest BCUT2D eigenvalue weighted by atomic mass is 9.93. The standard InChI is InChI=1S/C24H32N6O3/c1-24(2,3)33-23(31)30-9-7-16(8-10-30)17-11-21(32-6)20(14-25-17)29(5)22-12-19-18(13-26-22)27-15-28(19)4/h11-16H,7-10H2,1-6H3. The smallest absolute Gasteiger partial charge is 0.410 e. The Morgan fingerprint density at radius 1 is 1.12 bits per heavy atom. The molecule has 1 aliphatic rings. The molecule has 1 fully saturated rings. The molecule has 9 nitrogen and oxygen atoms in total. The van der Waals surface area contributed by atoms with Crippen LogP contribution >= 0.6 is 0 Å². The average Bonchev–Trinajstić information content (AvgIpc) is 3.17. The number of rotatable bonds is 4. The number of carbonyl (C=O) groups excluding carboxylic acids is 1. The van der Waals surface area contributed by atoms with Gasteiger partial charge in [0.2, 0.25) is 0 Å². The summed E-state index contributed by atoms with van der Waals surface area (Å²) >= 11 is 0. The molecule has 0 spiro atoms. The fraction of sp³-hybridized carbons (Fsp3) is 0.500. The molecule has 4 heterocycles. The van der Waals surface area contributed by atoms with Crippen LogP contribution in [-0.4, -0.2) is 63.4 Å². The Morgan fingerprint density at radius 2 is 1.85 bits per heavy atom. The number of aromatic nitrogens is 4. The Kier molecular flexibility index (Phi) is 6.14. The minimum Gasteiger partial charge on any atom is -0.494 e. The van der Waals surface area contributed by atoms with Crippen molar-refractivity contribution in [2.24, 2.45) is 7.05 Å². The highest BCUT2D eigenvalue weighted by Crippen LogP contribution is 2.36. The zero-order chi connectivity index (χ0) is 23.8. The first-order chi connectivity index (χ1) is 15.7. The maximum atomic E-state index is 12.3. The molecule has 0 bridgehead atoms. The monoisotopic (exact) mass is 452 g/mol. The lowest BCUT2D eigenvalue weighted by molar-refractivity contribution is 0.0204. The minimum absolute atomic E-state index is 0.249. The van der Waals surface area contributed by atoms with Crippen molar-refractivity contribution in [1.29, 1.82) is 0 Å². The summed E-state index contributed by atoms with van der Waals surface area (Å²) in [7, 11) is 5.58. The van der Waals surface area contributed by atoms with Crippen molar-refractivity contribution >= 4 is 28.6 Å². The van der Waals surface area contributed by atoms with Crippen LogP contribution in [0.5, 0.6) is 5.75 Å². The lowest BCUT2D eigenvalue weighted by Gasteiger charge is -2.33. The van der Waals surface area contributed by atoms with Crippen LogP contribution in [0.2, 0.25) is 0 Å². The molecule has 1 amide bonds. The number of imidazole rings is 1. The normalized spacial score (nSPS) is 15.0. The molecule has 3 aromatic rings. The maximum Gasteiger partial charge on any atom is 0.410 e. The van der Waals surface area contributed by atoms with Crippen LogP contribution in [-0.2, 0) is 11.8 Å². The summed E-state index contributed by atoms with van der Waals surface area (Å²) in [6.07, 6.45) is 6.81. The quantitative estimate of drug-likeness (QED) is 0.585. The highest BCUT2D eigenvalue weighted by Gasteiger charge is 2.28. The number of fused-ring (bicyclic) bond motifs is 1. The largest absolute Gasteiger partial charge is 0.494 e. The van der Waals surface area contributed by atoms with Crippen LogP contribution < -0.4 is 9.64 Å². The fourth-order valence-electron chi connectivity index (χ4n) is 4.09. The predicted octanol–water partition coefficient (Wildman–Crippen LogP) is 4.25. The van der Waals surface area contributed by atoms with Gasteiger partial charge in [0, 0.05) is 50.9 Å². The number of pyridine rings is 2. The van der Waals surface area contributed by atoms with Crippen LogP contribution in [0.1, 0.15) is 45.2 Å². The molecule has 4 rings (SSSR count). The van der Waals surface area contributed by atoms with E-state index in [4.69, 9.17) is 14.5 Å². The molecule has 0 unspecified atom stereocenters. The Bertz CT molecular complexity index is 1140. The summed E-state index contributed by atoms with van der Waals surface area (Å²) in [5.41, 5.74) is 3.19. The summed E-state index contributed by atoms with van der Waals surface area (Å²) in [4.78, 5) is 29.7. The molecule has 9 heteroatoms. The molecule has 0 saturated carbocycles. The van der Waals surface area contributed by atoms with Gasteiger partial charge < -0.3 is 23.8 Å². The third-order valence-electron chi connectivity index (χ3n) is 5.95. The maximum absolute atomic E-state index is 12.3. The number of aryl methyl sites for hydroxylation is 1. The van der Waals surface area contributed by atoms with Gasteiger partial charge in [-0.2, -0.15) is 0 Å². The second-order valence-electron chi connectivity index (χ2n) is 9.47. The van der Waals surface area contributed by atoms with Crippen molar-refractivity contribution in [3.8, 4) is 5.75 Å². The van der Waals surface area contributed by atoms with Crippen LogP contribution in [0.15, 0.2) is 30.9 Å². The molecule has 1 saturated heterocycles. The van der Waals surface area contributed by atoms with Crippen LogP contribution in [0, 0.1) is 0 Å². The molecule has 0 atom stereocenters. The van der Waals surface area contributed by atoms with Crippen molar-refractivity contribution < 1.29 is 14.3 Å². The van der Waals surface area contributed by atoms with Gasteiger partial charge in [-0.05, 0) is 33.6 Å². The number of hydrogen-bond donors (Lipinski definition) is 0. The Hall–Kier alpha value is -3.36. The van der Waals surface area contributed by atoms with Crippen molar-refractivity contribution in [2.75, 3.05) is 32.1 Å². The highest BCUT2D eigenvalue weighted by molar-refractivity contribution is 5.79. The van der Waals surface area contributed by atoms with E-state index in [9.17, 15) is 4.79 Å². The number of nitrogens with zero attached hydrogens (tertiary/aromatic N) is 6. The van der Waals surface area contributed by atoms with Gasteiger partial charge in [-0.3, -0.25) is 4.98 Å². The molecule has 0 aliphatic carbocycles. The van der Waals surface area contributed by atoms with E-state index < -0.39 is 5.60 Å². The van der Waals surface area contributed by atoms with Crippen LogP contribution in [0.3, 0.4) is 0 Å². The molecule has 1 aliphatic heterocycles. The van der Waals surface area contributed by atoms with Crippen LogP contribution in [0.25, 0.3) is 11.0 Å². The zero-order valence-corrected chi connectivity index (χ0v) is 20.2. The summed E-state index contributed by atoms with van der Waals surface area (Å²) in [6.45, 7) is 6.96. The lowest BCUT2D eigenvalue weighted by Crippen LogP contribution is -2.41. The second-order valence-corrected chi connectivity index (χ2v) is 9.47. The second kappa shape index (κ2) is 8.88. The van der Waals surface area contributed by atoms with Crippen molar-refractivity contribution in [3.05, 3.63) is 36.5 Å². The van der Waals surface area contributed by atoms with E-state index in [1.807, 2.05) is 62.7 Å². The molecular weight excluding hydrogens is 420 g/mol. The van der Waals surface area contributed by atoms with Gasteiger partial charge >= 0.3 is 6.09 Å². The van der Waals surface area contributed by atoms with Gasteiger partial charge in [-0.15, -0.1) is 0 Å². The number of hydrogen-bond acceptors (Lipinski definition) is 7. The number of anilines is 2. The first-order valence-electron chi connectivity index (χ1n) is 11.2. The number of methoxy groups -OCH3 is 1. The molecule has 3 aromatic heterocycles. The molecule has 0 radical (unpaired) electrons. The summed E-state index contributed by atoms with van der Waals surface area (Å²) in [6, 6.07) is 4.00. The summed E-state index contributed by atoms with van der Waals surface area (Å²) in [5, 5.41) is 0. The van der Waals surface area contributed by atoms with Crippen LogP contribution in [0.4, 0.5) is 16.3 Å². The first-order valence-corrected chi connectivity index (χ1v) is 11.2. The van der Waals surface area contributed by atoms with E-state index in [1.165, 1.54) is 0 Å². The predicted molar refractivity (Wildman–Crippen MR) is 127 cm³/mol. The van der Waals surface area contributed by atoms with Gasteiger partial charge in [0.15, 0.2) is 0 Å². The number of carbonyl (C=O) groups is 1. The van der Waals surface area contributed by atoms with E-state index in [0.29, 0.717) is 13.1 Å². The van der Waals surface area contributed by atoms with Gasteiger partial charge in [0.1, 0.15) is 28.4 Å². The number of amides is 1. The third-order valence-corrected chi connectivity index (χ3v) is 5.95. The number of likely N-dealkylation sites (tertiary alicyclic amines) is 1. The average molecular weight is 453 g/mol. The van der Waals surface area contributed by atoms with E-state index in [0.717, 1.165) is 46.8 Å². The molecule has 0 N–H and O–H groups in total. The molecular formula is C24H32N6O3. The third kappa shape index (κ3) is 4.86. The topological polar surface area (TPSA) is 85.6 Å². The Labute approximate surface area is 194 Å². The molecule has 176 valence electrons. The minimum atomic E-state index is -0.485. The van der Waals surface area contributed by atoms with Gasteiger partial charge in [0.25, 0.3) is 0 Å². The first kappa shape index (κ1) is 22.8.